The number of carbonyl (C=O) groups excluding carboxylic acids is 2. The molecule has 0 aromatic heterocycles. The average Bonchev–Trinajstić information content (AvgIpc) is 3.25. The molecule has 10 nitrogen and oxygen atoms in total. The van der Waals surface area contributed by atoms with Gasteiger partial charge in [0.25, 0.3) is 23.2 Å². The number of carbonyl (C=O) groups is 2. The Bertz CT molecular complexity index is 1460. The summed E-state index contributed by atoms with van der Waals surface area (Å²) in [5.41, 5.74) is 5.71. The molecule has 0 saturated heterocycles. The zero-order chi connectivity index (χ0) is 26.1. The van der Waals surface area contributed by atoms with Crippen LogP contribution in [0, 0.1) is 20.2 Å². The SMILES string of the molecule is O=C(Nc1ccc2c(c1)Cc1cc(NC(=O)c3ccc([N+](=O)[O-])cc3)ccc1-2)c1ccc([N+](=O)[O-])cc1. The summed E-state index contributed by atoms with van der Waals surface area (Å²) in [6, 6.07) is 21.9. The van der Waals surface area contributed by atoms with Crippen molar-refractivity contribution >= 4 is 34.6 Å². The van der Waals surface area contributed by atoms with Crippen molar-refractivity contribution in [3.8, 4) is 11.1 Å². The molecule has 0 bridgehead atoms. The molecule has 37 heavy (non-hydrogen) atoms. The smallest absolute Gasteiger partial charge is 0.269 e. The minimum atomic E-state index is -0.521. The molecule has 4 aromatic carbocycles. The van der Waals surface area contributed by atoms with Gasteiger partial charge < -0.3 is 10.6 Å². The molecule has 0 aliphatic heterocycles. The summed E-state index contributed by atoms with van der Waals surface area (Å²) in [6.07, 6.45) is 0.604. The Hall–Kier alpha value is -5.38. The molecule has 1 aliphatic carbocycles. The van der Waals surface area contributed by atoms with Gasteiger partial charge in [-0.05, 0) is 77.2 Å². The zero-order valence-electron chi connectivity index (χ0n) is 19.1. The number of non-ortho nitro benzene ring substituents is 2. The maximum Gasteiger partial charge on any atom is 0.269 e. The summed E-state index contributed by atoms with van der Waals surface area (Å²) in [7, 11) is 0. The van der Waals surface area contributed by atoms with Gasteiger partial charge in [-0.25, -0.2) is 0 Å². The maximum atomic E-state index is 12.6. The second kappa shape index (κ2) is 9.34. The molecule has 0 spiro atoms. The fourth-order valence-corrected chi connectivity index (χ4v) is 4.24. The largest absolute Gasteiger partial charge is 0.322 e. The normalized spacial score (nSPS) is 11.2. The zero-order valence-corrected chi connectivity index (χ0v) is 19.1. The number of anilines is 2. The van der Waals surface area contributed by atoms with Crippen molar-refractivity contribution in [3.63, 3.8) is 0 Å². The highest BCUT2D eigenvalue weighted by atomic mass is 16.6. The molecule has 10 heteroatoms. The van der Waals surface area contributed by atoms with Gasteiger partial charge in [0.1, 0.15) is 0 Å². The molecule has 2 N–H and O–H groups in total. The lowest BCUT2D eigenvalue weighted by Crippen LogP contribution is -2.12. The third-order valence-electron chi connectivity index (χ3n) is 6.08. The molecule has 5 rings (SSSR count). The van der Waals surface area contributed by atoms with Crippen LogP contribution < -0.4 is 10.6 Å². The number of nitro benzene ring substituents is 2. The fourth-order valence-electron chi connectivity index (χ4n) is 4.24. The highest BCUT2D eigenvalue weighted by Gasteiger charge is 2.20. The summed E-state index contributed by atoms with van der Waals surface area (Å²) < 4.78 is 0. The number of hydrogen-bond acceptors (Lipinski definition) is 6. The standard InChI is InChI=1S/C27H18N4O6/c32-26(16-1-7-22(8-2-16)30(34)35)28-20-5-11-24-18(14-20)13-19-15-21(6-12-25(19)24)29-27(33)17-3-9-23(10-4-17)31(36)37/h1-12,14-15H,13H2,(H,28,32)(H,29,33). The minimum Gasteiger partial charge on any atom is -0.322 e. The Morgan fingerprint density at radius 2 is 0.973 bits per heavy atom. The number of nitrogens with one attached hydrogen (secondary N) is 2. The van der Waals surface area contributed by atoms with Crippen LogP contribution >= 0.6 is 0 Å². The summed E-state index contributed by atoms with van der Waals surface area (Å²) in [6.45, 7) is 0. The lowest BCUT2D eigenvalue weighted by atomic mass is 10.0. The van der Waals surface area contributed by atoms with E-state index in [9.17, 15) is 29.8 Å². The van der Waals surface area contributed by atoms with E-state index in [1.165, 1.54) is 48.5 Å². The fraction of sp³-hybridized carbons (Fsp3) is 0.0370. The van der Waals surface area contributed by atoms with E-state index in [4.69, 9.17) is 0 Å². The third kappa shape index (κ3) is 4.76. The van der Waals surface area contributed by atoms with Crippen molar-refractivity contribution in [2.45, 2.75) is 6.42 Å². The predicted octanol–water partition coefficient (Wildman–Crippen LogP) is 5.58. The predicted molar refractivity (Wildman–Crippen MR) is 137 cm³/mol. The molecule has 0 unspecified atom stereocenters. The van der Waals surface area contributed by atoms with Crippen LogP contribution in [0.3, 0.4) is 0 Å². The lowest BCUT2D eigenvalue weighted by molar-refractivity contribution is -0.385. The highest BCUT2D eigenvalue weighted by Crippen LogP contribution is 2.39. The molecule has 0 fully saturated rings. The van der Waals surface area contributed by atoms with Gasteiger partial charge in [0.2, 0.25) is 0 Å². The average molecular weight is 494 g/mol. The Morgan fingerprint density at radius 1 is 0.595 bits per heavy atom. The van der Waals surface area contributed by atoms with E-state index in [0.29, 0.717) is 28.9 Å². The van der Waals surface area contributed by atoms with Crippen molar-refractivity contribution in [2.24, 2.45) is 0 Å². The molecule has 4 aromatic rings. The molecular formula is C27H18N4O6. The van der Waals surface area contributed by atoms with Gasteiger partial charge in [0, 0.05) is 46.8 Å². The van der Waals surface area contributed by atoms with Crippen LogP contribution in [-0.4, -0.2) is 21.7 Å². The van der Waals surface area contributed by atoms with Crippen LogP contribution in [0.15, 0.2) is 84.9 Å². The van der Waals surface area contributed by atoms with Crippen molar-refractivity contribution in [1.29, 1.82) is 0 Å². The van der Waals surface area contributed by atoms with Crippen LogP contribution in [0.2, 0.25) is 0 Å². The van der Waals surface area contributed by atoms with E-state index >= 15 is 0 Å². The maximum absolute atomic E-state index is 12.6. The van der Waals surface area contributed by atoms with E-state index in [2.05, 4.69) is 10.6 Å². The second-order valence-corrected chi connectivity index (χ2v) is 8.44. The summed E-state index contributed by atoms with van der Waals surface area (Å²) >= 11 is 0. The third-order valence-corrected chi connectivity index (χ3v) is 6.08. The number of fused-ring (bicyclic) bond motifs is 3. The number of nitrogens with zero attached hydrogens (tertiary/aromatic N) is 2. The Labute approximate surface area is 209 Å². The first-order valence-electron chi connectivity index (χ1n) is 11.2. The highest BCUT2D eigenvalue weighted by molar-refractivity contribution is 6.05. The van der Waals surface area contributed by atoms with E-state index < -0.39 is 9.85 Å². The van der Waals surface area contributed by atoms with Gasteiger partial charge in [-0.1, -0.05) is 12.1 Å². The van der Waals surface area contributed by atoms with Crippen molar-refractivity contribution < 1.29 is 19.4 Å². The first-order valence-corrected chi connectivity index (χ1v) is 11.2. The number of benzene rings is 4. The van der Waals surface area contributed by atoms with Gasteiger partial charge in [0.15, 0.2) is 0 Å². The van der Waals surface area contributed by atoms with Crippen molar-refractivity contribution in [3.05, 3.63) is 127 Å². The van der Waals surface area contributed by atoms with Crippen LogP contribution in [0.1, 0.15) is 31.8 Å². The second-order valence-electron chi connectivity index (χ2n) is 8.44. The molecule has 0 atom stereocenters. The first-order chi connectivity index (χ1) is 17.8. The summed E-state index contributed by atoms with van der Waals surface area (Å²) in [5.74, 6) is -0.747. The van der Waals surface area contributed by atoms with Gasteiger partial charge in [-0.3, -0.25) is 29.8 Å². The topological polar surface area (TPSA) is 144 Å². The number of amides is 2. The van der Waals surface area contributed by atoms with E-state index in [1.54, 1.807) is 12.1 Å². The van der Waals surface area contributed by atoms with E-state index in [-0.39, 0.29) is 23.2 Å². The van der Waals surface area contributed by atoms with Gasteiger partial charge in [-0.15, -0.1) is 0 Å². The minimum absolute atomic E-state index is 0.0878. The molecular weight excluding hydrogens is 476 g/mol. The Kier molecular flexibility index (Phi) is 5.90. The molecule has 0 radical (unpaired) electrons. The quantitative estimate of drug-likeness (QED) is 0.233. The Morgan fingerprint density at radius 3 is 1.32 bits per heavy atom. The van der Waals surface area contributed by atoms with Gasteiger partial charge in [-0.2, -0.15) is 0 Å². The molecule has 1 aliphatic rings. The first kappa shape index (κ1) is 23.4. The van der Waals surface area contributed by atoms with Crippen LogP contribution in [0.4, 0.5) is 22.7 Å². The van der Waals surface area contributed by atoms with Crippen LogP contribution in [0.25, 0.3) is 11.1 Å². The molecule has 0 heterocycles. The molecule has 0 saturated carbocycles. The number of hydrogen-bond donors (Lipinski definition) is 2. The summed E-state index contributed by atoms with van der Waals surface area (Å²) in [5, 5.41) is 27.3. The van der Waals surface area contributed by atoms with Crippen LogP contribution in [-0.2, 0) is 6.42 Å². The van der Waals surface area contributed by atoms with E-state index in [1.807, 2.05) is 24.3 Å². The number of nitro groups is 2. The van der Waals surface area contributed by atoms with Gasteiger partial charge in [0.05, 0.1) is 9.85 Å². The lowest BCUT2D eigenvalue weighted by Gasteiger charge is -2.08. The van der Waals surface area contributed by atoms with Gasteiger partial charge >= 0.3 is 0 Å². The van der Waals surface area contributed by atoms with Crippen molar-refractivity contribution in [1.82, 2.24) is 0 Å². The van der Waals surface area contributed by atoms with Crippen molar-refractivity contribution in [2.75, 3.05) is 10.6 Å². The monoisotopic (exact) mass is 494 g/mol. The van der Waals surface area contributed by atoms with E-state index in [0.717, 1.165) is 22.3 Å². The molecule has 2 amide bonds. The van der Waals surface area contributed by atoms with Crippen LogP contribution in [0.5, 0.6) is 0 Å². The summed E-state index contributed by atoms with van der Waals surface area (Å²) in [4.78, 5) is 45.7. The number of rotatable bonds is 6. The Balaban J connectivity index is 1.28. The molecule has 182 valence electrons.